The van der Waals surface area contributed by atoms with E-state index in [1.165, 1.54) is 9.58 Å². The van der Waals surface area contributed by atoms with Crippen molar-refractivity contribution >= 4 is 40.1 Å². The number of hydrogen-bond acceptors (Lipinski definition) is 5. The van der Waals surface area contributed by atoms with Gasteiger partial charge in [0.25, 0.3) is 0 Å². The normalized spacial score (nSPS) is 21.4. The maximum absolute atomic E-state index is 13.1. The van der Waals surface area contributed by atoms with E-state index in [9.17, 15) is 23.2 Å². The molecule has 1 aliphatic carbocycles. The molecule has 36 heavy (non-hydrogen) atoms. The highest BCUT2D eigenvalue weighted by molar-refractivity contribution is 14.2. The number of carbonyl (C=O) groups is 1. The van der Waals surface area contributed by atoms with E-state index in [-0.39, 0.29) is 44.2 Å². The van der Waals surface area contributed by atoms with Crippen molar-refractivity contribution in [2.24, 2.45) is 10.9 Å². The Kier molecular flexibility index (Phi) is 8.70. The van der Waals surface area contributed by atoms with E-state index in [4.69, 9.17) is 0 Å². The molecule has 0 radical (unpaired) electrons. The fourth-order valence-corrected chi connectivity index (χ4v) is 6.98. The lowest BCUT2D eigenvalue weighted by molar-refractivity contribution is -0.274. The minimum atomic E-state index is -4.86. The summed E-state index contributed by atoms with van der Waals surface area (Å²) in [6.07, 6.45) is 2.15. The van der Waals surface area contributed by atoms with Crippen molar-refractivity contribution in [2.75, 3.05) is 18.4 Å². The number of alkyl halides is 3. The zero-order chi connectivity index (χ0) is 25.7. The van der Waals surface area contributed by atoms with Gasteiger partial charge >= 0.3 is 6.36 Å². The number of nitriles is 1. The Hall–Kier alpha value is -2.42. The molecule has 1 saturated heterocycles. The second-order valence-corrected chi connectivity index (χ2v) is 11.8. The summed E-state index contributed by atoms with van der Waals surface area (Å²) in [6.45, 7) is 3.42. The summed E-state index contributed by atoms with van der Waals surface area (Å²) in [5, 5.41) is 12.5. The molecule has 1 atom stereocenters. The van der Waals surface area contributed by atoms with E-state index in [1.54, 1.807) is 12.1 Å². The number of allylic oxidation sites excluding steroid dienone is 1. The summed E-state index contributed by atoms with van der Waals surface area (Å²) in [4.78, 5) is 19.5. The molecule has 1 amide bonds. The summed E-state index contributed by atoms with van der Waals surface area (Å²) in [5.74, 6) is -0.129. The van der Waals surface area contributed by atoms with Gasteiger partial charge in [-0.15, -0.1) is 13.2 Å². The summed E-state index contributed by atoms with van der Waals surface area (Å²) < 4.78 is 46.6. The van der Waals surface area contributed by atoms with Crippen LogP contribution in [0.25, 0.3) is 0 Å². The topological polar surface area (TPSA) is 77.7 Å². The average Bonchev–Trinajstić information content (AvgIpc) is 2.88. The van der Waals surface area contributed by atoms with Gasteiger partial charge in [0.1, 0.15) is 17.5 Å². The van der Waals surface area contributed by atoms with Crippen molar-refractivity contribution in [3.05, 3.63) is 35.2 Å². The van der Waals surface area contributed by atoms with E-state index in [2.05, 4.69) is 32.9 Å². The van der Waals surface area contributed by atoms with Crippen LogP contribution in [-0.4, -0.2) is 38.0 Å². The van der Waals surface area contributed by atoms with E-state index in [0.29, 0.717) is 17.9 Å². The first kappa shape index (κ1) is 26.6. The Morgan fingerprint density at radius 2 is 2.03 bits per heavy atom. The van der Waals surface area contributed by atoms with Crippen LogP contribution < -0.4 is 10.1 Å². The summed E-state index contributed by atoms with van der Waals surface area (Å²) in [5.41, 5.74) is 1.55. The van der Waals surface area contributed by atoms with Gasteiger partial charge in [0.15, 0.2) is 5.75 Å². The Labute approximate surface area is 219 Å². The van der Waals surface area contributed by atoms with Gasteiger partial charge in [0.2, 0.25) is 5.91 Å². The lowest BCUT2D eigenvalue weighted by atomic mass is 9.88. The Morgan fingerprint density at radius 3 is 2.72 bits per heavy atom. The zero-order valence-electron chi connectivity index (χ0n) is 20.2. The van der Waals surface area contributed by atoms with E-state index >= 15 is 0 Å². The third kappa shape index (κ3) is 6.47. The van der Waals surface area contributed by atoms with Crippen molar-refractivity contribution < 1.29 is 22.7 Å². The molecule has 2 heterocycles. The molecule has 6 nitrogen and oxygen atoms in total. The molecule has 0 spiro atoms. The minimum Gasteiger partial charge on any atom is -0.404 e. The predicted molar refractivity (Wildman–Crippen MR) is 142 cm³/mol. The van der Waals surface area contributed by atoms with E-state index < -0.39 is 12.1 Å². The number of hydrogen-bond donors (Lipinski definition) is 1. The second kappa shape index (κ2) is 11.8. The first-order valence-corrected chi connectivity index (χ1v) is 14.7. The standard InChI is InChI=1S/C26H30F3IN4O2/c1-2-21-20(14-31)24(32-16-30-21)34-12-6-9-19(15-34)18-10-11-23(36-26(27,28)29)22(13-18)33-25(35)17-7-4-3-5-8-17/h10-11,13,16-17,19H,2-9,12,15H2,1H3,(H,33,35). The maximum atomic E-state index is 13.1. The number of aliphatic imine (C=N–C) groups is 1. The number of likely N-dealkylation sites (tertiary alicyclic amines) is 1. The number of nitrogens with zero attached hydrogens (tertiary/aromatic N) is 3. The van der Waals surface area contributed by atoms with Crippen LogP contribution >= 0.6 is 20.7 Å². The minimum absolute atomic E-state index is 0.0216. The molecule has 3 aliphatic rings. The number of rotatable bonds is 6. The third-order valence-corrected chi connectivity index (χ3v) is 9.54. The van der Waals surface area contributed by atoms with Gasteiger partial charge in [-0.25, -0.2) is 4.99 Å². The van der Waals surface area contributed by atoms with Crippen LogP contribution in [0.15, 0.2) is 34.6 Å². The largest absolute Gasteiger partial charge is 0.573 e. The fraction of sp³-hybridized carbons (Fsp3) is 0.538. The first-order valence-electron chi connectivity index (χ1n) is 12.4. The molecule has 1 unspecified atom stereocenters. The van der Waals surface area contributed by atoms with Crippen LogP contribution in [0, 0.1) is 17.2 Å². The predicted octanol–water partition coefficient (Wildman–Crippen LogP) is 6.61. The molecule has 0 aromatic heterocycles. The van der Waals surface area contributed by atoms with Gasteiger partial charge < -0.3 is 15.0 Å². The molecule has 10 heteroatoms. The fourth-order valence-electron chi connectivity index (χ4n) is 5.13. The highest BCUT2D eigenvalue weighted by Crippen LogP contribution is 2.38. The Bertz CT molecular complexity index is 1120. The van der Waals surface area contributed by atoms with Crippen LogP contribution in [0.5, 0.6) is 5.75 Å². The molecule has 1 saturated carbocycles. The van der Waals surface area contributed by atoms with Crippen molar-refractivity contribution in [3.63, 3.8) is 0 Å². The smallest absolute Gasteiger partial charge is 0.404 e. The summed E-state index contributed by atoms with van der Waals surface area (Å²) in [7, 11) is 0. The number of amides is 1. The number of benzene rings is 1. The molecule has 2 fully saturated rings. The zero-order valence-corrected chi connectivity index (χ0v) is 22.4. The van der Waals surface area contributed by atoms with Gasteiger partial charge in [0, 0.05) is 28.4 Å². The van der Waals surface area contributed by atoms with Crippen LogP contribution in [0.1, 0.15) is 69.8 Å². The van der Waals surface area contributed by atoms with Crippen molar-refractivity contribution in [1.29, 1.82) is 5.26 Å². The molecule has 0 bridgehead atoms. The number of piperidine rings is 1. The molecule has 2 aliphatic heterocycles. The first-order chi connectivity index (χ1) is 17.3. The van der Waals surface area contributed by atoms with Gasteiger partial charge in [-0.3, -0.25) is 4.79 Å². The SMILES string of the molecule is CCC1=IC=NC(N2CCCC(c3ccc(OC(F)(F)F)c(NC(=O)C4CCCCC4)c3)C2)=C1C#N. The quantitative estimate of drug-likeness (QED) is 0.366. The molecule has 4 rings (SSSR count). The molecule has 1 aromatic carbocycles. The maximum Gasteiger partial charge on any atom is 0.573 e. The molecule has 194 valence electrons. The van der Waals surface area contributed by atoms with Gasteiger partial charge in [-0.2, -0.15) is 5.26 Å². The van der Waals surface area contributed by atoms with Crippen LogP contribution in [-0.2, 0) is 4.79 Å². The Morgan fingerprint density at radius 1 is 1.25 bits per heavy atom. The monoisotopic (exact) mass is 614 g/mol. The molecular formula is C26H30F3IN4O2. The second-order valence-electron chi connectivity index (χ2n) is 9.32. The molecule has 1 aromatic rings. The van der Waals surface area contributed by atoms with Gasteiger partial charge in [-0.05, 0) is 49.8 Å². The van der Waals surface area contributed by atoms with Crippen LogP contribution in [0.3, 0.4) is 0 Å². The average molecular weight is 614 g/mol. The number of nitrogens with one attached hydrogen (secondary N) is 1. The number of anilines is 1. The summed E-state index contributed by atoms with van der Waals surface area (Å²) in [6, 6.07) is 6.90. The van der Waals surface area contributed by atoms with Crippen molar-refractivity contribution in [3.8, 4) is 11.8 Å². The number of halogens is 4. The number of ether oxygens (including phenoxy) is 1. The van der Waals surface area contributed by atoms with Crippen LogP contribution in [0.2, 0.25) is 0 Å². The molecular weight excluding hydrogens is 584 g/mol. The van der Waals surface area contributed by atoms with Crippen molar-refractivity contribution in [1.82, 2.24) is 4.90 Å². The van der Waals surface area contributed by atoms with E-state index in [1.807, 2.05) is 4.22 Å². The highest BCUT2D eigenvalue weighted by Gasteiger charge is 2.34. The van der Waals surface area contributed by atoms with E-state index in [0.717, 1.165) is 63.5 Å². The number of carbonyl (C=O) groups excluding carboxylic acids is 1. The van der Waals surface area contributed by atoms with Crippen LogP contribution in [0.4, 0.5) is 18.9 Å². The lowest BCUT2D eigenvalue weighted by Crippen LogP contribution is -2.35. The Balaban J connectivity index is 1.59. The van der Waals surface area contributed by atoms with Crippen molar-refractivity contribution in [2.45, 2.75) is 70.6 Å². The lowest BCUT2D eigenvalue weighted by Gasteiger charge is -2.35. The highest BCUT2D eigenvalue weighted by atomic mass is 127. The third-order valence-electron chi connectivity index (χ3n) is 6.92. The van der Waals surface area contributed by atoms with Gasteiger partial charge in [-0.1, -0.05) is 53.0 Å². The molecule has 1 N–H and O–H groups in total. The van der Waals surface area contributed by atoms with Gasteiger partial charge in [0.05, 0.1) is 9.91 Å². The summed E-state index contributed by atoms with van der Waals surface area (Å²) >= 11 is -0.367.